The number of hydrogen-bond acceptors (Lipinski definition) is 3. The SMILES string of the molecule is Cc1ccc(NCCN(C(C)C)C(C)C)nc1. The zero-order valence-electron chi connectivity index (χ0n) is 11.7. The molecule has 0 aliphatic heterocycles. The van der Waals surface area contributed by atoms with Crippen LogP contribution in [0.15, 0.2) is 18.3 Å². The van der Waals surface area contributed by atoms with Crippen LogP contribution in [0.25, 0.3) is 0 Å². The Morgan fingerprint density at radius 3 is 2.29 bits per heavy atom. The molecule has 1 heterocycles. The first-order valence-electron chi connectivity index (χ1n) is 6.43. The fourth-order valence-corrected chi connectivity index (χ4v) is 2.00. The monoisotopic (exact) mass is 235 g/mol. The van der Waals surface area contributed by atoms with Crippen LogP contribution in [-0.2, 0) is 0 Å². The van der Waals surface area contributed by atoms with Gasteiger partial charge in [0.2, 0.25) is 0 Å². The third-order valence-corrected chi connectivity index (χ3v) is 2.91. The van der Waals surface area contributed by atoms with Crippen LogP contribution in [0, 0.1) is 6.92 Å². The normalized spacial score (nSPS) is 11.5. The average molecular weight is 235 g/mol. The van der Waals surface area contributed by atoms with Crippen LogP contribution in [0.4, 0.5) is 5.82 Å². The van der Waals surface area contributed by atoms with E-state index < -0.39 is 0 Å². The summed E-state index contributed by atoms with van der Waals surface area (Å²) in [4.78, 5) is 6.81. The Morgan fingerprint density at radius 2 is 1.82 bits per heavy atom. The standard InChI is InChI=1S/C14H25N3/c1-11(2)17(12(3)4)9-8-15-14-7-6-13(5)10-16-14/h6-7,10-12H,8-9H2,1-5H3,(H,15,16). The highest BCUT2D eigenvalue weighted by atomic mass is 15.2. The van der Waals surface area contributed by atoms with E-state index in [0.717, 1.165) is 18.9 Å². The first kappa shape index (κ1) is 14.0. The van der Waals surface area contributed by atoms with E-state index in [2.05, 4.69) is 55.9 Å². The Balaban J connectivity index is 2.38. The van der Waals surface area contributed by atoms with E-state index in [0.29, 0.717) is 12.1 Å². The lowest BCUT2D eigenvalue weighted by atomic mass is 10.2. The van der Waals surface area contributed by atoms with Gasteiger partial charge in [0, 0.05) is 31.4 Å². The van der Waals surface area contributed by atoms with Gasteiger partial charge in [0.15, 0.2) is 0 Å². The molecule has 0 unspecified atom stereocenters. The molecule has 96 valence electrons. The van der Waals surface area contributed by atoms with Crippen molar-refractivity contribution in [2.24, 2.45) is 0 Å². The minimum Gasteiger partial charge on any atom is -0.369 e. The molecule has 17 heavy (non-hydrogen) atoms. The zero-order chi connectivity index (χ0) is 12.8. The number of anilines is 1. The summed E-state index contributed by atoms with van der Waals surface area (Å²) < 4.78 is 0. The molecule has 3 heteroatoms. The molecule has 0 fully saturated rings. The molecular weight excluding hydrogens is 210 g/mol. The van der Waals surface area contributed by atoms with Crippen molar-refractivity contribution in [2.75, 3.05) is 18.4 Å². The van der Waals surface area contributed by atoms with Crippen LogP contribution < -0.4 is 5.32 Å². The van der Waals surface area contributed by atoms with Crippen molar-refractivity contribution in [3.8, 4) is 0 Å². The Morgan fingerprint density at radius 1 is 1.18 bits per heavy atom. The van der Waals surface area contributed by atoms with Crippen LogP contribution >= 0.6 is 0 Å². The summed E-state index contributed by atoms with van der Waals surface area (Å²) >= 11 is 0. The molecule has 3 nitrogen and oxygen atoms in total. The summed E-state index contributed by atoms with van der Waals surface area (Å²) in [6, 6.07) is 5.29. The van der Waals surface area contributed by atoms with Gasteiger partial charge in [-0.3, -0.25) is 4.90 Å². The molecule has 0 aliphatic carbocycles. The third-order valence-electron chi connectivity index (χ3n) is 2.91. The lowest BCUT2D eigenvalue weighted by Crippen LogP contribution is -2.40. The molecule has 0 atom stereocenters. The predicted molar refractivity (Wildman–Crippen MR) is 74.4 cm³/mol. The van der Waals surface area contributed by atoms with Crippen LogP contribution in [-0.4, -0.2) is 35.1 Å². The van der Waals surface area contributed by atoms with E-state index >= 15 is 0 Å². The smallest absolute Gasteiger partial charge is 0.125 e. The molecule has 1 aromatic heterocycles. The molecule has 0 aromatic carbocycles. The highest BCUT2D eigenvalue weighted by Gasteiger charge is 2.12. The van der Waals surface area contributed by atoms with Crippen molar-refractivity contribution in [1.29, 1.82) is 0 Å². The van der Waals surface area contributed by atoms with Gasteiger partial charge in [-0.1, -0.05) is 6.07 Å². The Labute approximate surface area is 105 Å². The maximum atomic E-state index is 4.34. The molecule has 0 saturated heterocycles. The Hall–Kier alpha value is -1.09. The molecule has 0 amide bonds. The second kappa shape index (κ2) is 6.60. The number of pyridine rings is 1. The molecular formula is C14H25N3. The van der Waals surface area contributed by atoms with Crippen LogP contribution in [0.1, 0.15) is 33.3 Å². The first-order chi connectivity index (χ1) is 8.00. The second-order valence-corrected chi connectivity index (χ2v) is 5.07. The molecule has 0 aliphatic rings. The number of nitrogens with one attached hydrogen (secondary N) is 1. The Kier molecular flexibility index (Phi) is 5.42. The summed E-state index contributed by atoms with van der Waals surface area (Å²) in [6.07, 6.45) is 1.89. The van der Waals surface area contributed by atoms with Crippen LogP contribution in [0.2, 0.25) is 0 Å². The summed E-state index contributed by atoms with van der Waals surface area (Å²) in [5.41, 5.74) is 1.20. The molecule has 1 aromatic rings. The number of aromatic nitrogens is 1. The van der Waals surface area contributed by atoms with Crippen molar-refractivity contribution >= 4 is 5.82 Å². The van der Waals surface area contributed by atoms with E-state index in [9.17, 15) is 0 Å². The fraction of sp³-hybridized carbons (Fsp3) is 0.643. The predicted octanol–water partition coefficient (Wildman–Crippen LogP) is 2.92. The van der Waals surface area contributed by atoms with E-state index in [-0.39, 0.29) is 0 Å². The molecule has 1 rings (SSSR count). The largest absolute Gasteiger partial charge is 0.369 e. The van der Waals surface area contributed by atoms with Gasteiger partial charge in [-0.25, -0.2) is 4.98 Å². The summed E-state index contributed by atoms with van der Waals surface area (Å²) in [6.45, 7) is 13.0. The molecule has 0 saturated carbocycles. The number of hydrogen-bond donors (Lipinski definition) is 1. The van der Waals surface area contributed by atoms with Gasteiger partial charge in [-0.15, -0.1) is 0 Å². The van der Waals surface area contributed by atoms with Crippen LogP contribution in [0.3, 0.4) is 0 Å². The molecule has 1 N–H and O–H groups in total. The van der Waals surface area contributed by atoms with Gasteiger partial charge in [0.05, 0.1) is 0 Å². The van der Waals surface area contributed by atoms with Crippen LogP contribution in [0.5, 0.6) is 0 Å². The van der Waals surface area contributed by atoms with Gasteiger partial charge in [0.25, 0.3) is 0 Å². The van der Waals surface area contributed by atoms with E-state index in [4.69, 9.17) is 0 Å². The van der Waals surface area contributed by atoms with Gasteiger partial charge < -0.3 is 5.32 Å². The van der Waals surface area contributed by atoms with Crippen molar-refractivity contribution in [3.05, 3.63) is 23.9 Å². The first-order valence-corrected chi connectivity index (χ1v) is 6.43. The maximum absolute atomic E-state index is 4.34. The lowest BCUT2D eigenvalue weighted by molar-refractivity contribution is 0.182. The molecule has 0 spiro atoms. The zero-order valence-corrected chi connectivity index (χ0v) is 11.7. The van der Waals surface area contributed by atoms with Gasteiger partial charge in [-0.05, 0) is 46.2 Å². The van der Waals surface area contributed by atoms with E-state index in [1.54, 1.807) is 0 Å². The van der Waals surface area contributed by atoms with Gasteiger partial charge in [0.1, 0.15) is 5.82 Å². The van der Waals surface area contributed by atoms with Crippen molar-refractivity contribution < 1.29 is 0 Å². The van der Waals surface area contributed by atoms with Crippen molar-refractivity contribution in [3.63, 3.8) is 0 Å². The van der Waals surface area contributed by atoms with Crippen molar-refractivity contribution in [1.82, 2.24) is 9.88 Å². The van der Waals surface area contributed by atoms with Crippen molar-refractivity contribution in [2.45, 2.75) is 46.7 Å². The molecule has 0 radical (unpaired) electrons. The fourth-order valence-electron chi connectivity index (χ4n) is 2.00. The van der Waals surface area contributed by atoms with E-state index in [1.807, 2.05) is 12.3 Å². The number of rotatable bonds is 6. The van der Waals surface area contributed by atoms with Gasteiger partial charge >= 0.3 is 0 Å². The highest BCUT2D eigenvalue weighted by molar-refractivity contribution is 5.34. The number of aryl methyl sites for hydroxylation is 1. The molecule has 0 bridgehead atoms. The average Bonchev–Trinajstić information content (AvgIpc) is 2.25. The minimum atomic E-state index is 0.586. The summed E-state index contributed by atoms with van der Waals surface area (Å²) in [5, 5.41) is 3.36. The Bertz CT molecular complexity index is 309. The minimum absolute atomic E-state index is 0.586. The topological polar surface area (TPSA) is 28.2 Å². The number of nitrogens with zero attached hydrogens (tertiary/aromatic N) is 2. The summed E-state index contributed by atoms with van der Waals surface area (Å²) in [7, 11) is 0. The van der Waals surface area contributed by atoms with Gasteiger partial charge in [-0.2, -0.15) is 0 Å². The third kappa shape index (κ3) is 4.73. The highest BCUT2D eigenvalue weighted by Crippen LogP contribution is 2.06. The quantitative estimate of drug-likeness (QED) is 0.821. The maximum Gasteiger partial charge on any atom is 0.125 e. The lowest BCUT2D eigenvalue weighted by Gasteiger charge is -2.30. The van der Waals surface area contributed by atoms with E-state index in [1.165, 1.54) is 5.56 Å². The summed E-state index contributed by atoms with van der Waals surface area (Å²) in [5.74, 6) is 0.961. The second-order valence-electron chi connectivity index (χ2n) is 5.07.